The number of nitrogens with two attached hydrogens (primary N) is 1. The summed E-state index contributed by atoms with van der Waals surface area (Å²) in [4.78, 5) is 9.20. The molecule has 0 atom stereocenters. The number of aromatic nitrogens is 2. The van der Waals surface area contributed by atoms with Crippen LogP contribution in [0.4, 0.5) is 11.5 Å². The highest BCUT2D eigenvalue weighted by molar-refractivity contribution is 7.99. The molecule has 3 N–H and O–H groups in total. The maximum Gasteiger partial charge on any atom is 0.238 e. The summed E-state index contributed by atoms with van der Waals surface area (Å²) in [5, 5.41) is 18.7. The molecule has 0 amide bonds. The van der Waals surface area contributed by atoms with Gasteiger partial charge in [0.2, 0.25) is 10.0 Å². The summed E-state index contributed by atoms with van der Waals surface area (Å²) in [6.45, 7) is 2.11. The van der Waals surface area contributed by atoms with Crippen molar-refractivity contribution < 1.29 is 13.2 Å². The minimum atomic E-state index is -3.79. The van der Waals surface area contributed by atoms with Crippen LogP contribution >= 0.6 is 11.8 Å². The zero-order valence-electron chi connectivity index (χ0n) is 17.7. The average molecular weight is 470 g/mol. The number of thioether (sulfide) groups is 1. The maximum absolute atomic E-state index is 11.5. The van der Waals surface area contributed by atoms with Crippen molar-refractivity contribution in [2.24, 2.45) is 5.14 Å². The van der Waals surface area contributed by atoms with E-state index in [1.807, 2.05) is 24.3 Å². The fourth-order valence-electron chi connectivity index (χ4n) is 2.83. The SMILES string of the molecule is CCCCSc1nc(Nc2ccc(S(N)(=O)=O)cc2)c(C#N)c(-c2ccc(OC)cc2)n1. The molecule has 0 radical (unpaired) electrons. The van der Waals surface area contributed by atoms with E-state index in [1.54, 1.807) is 19.2 Å². The van der Waals surface area contributed by atoms with Crippen molar-refractivity contribution in [3.05, 3.63) is 54.1 Å². The molecule has 0 saturated heterocycles. The van der Waals surface area contributed by atoms with Crippen molar-refractivity contribution in [2.75, 3.05) is 18.2 Å². The number of primary sulfonamides is 1. The zero-order valence-corrected chi connectivity index (χ0v) is 19.3. The van der Waals surface area contributed by atoms with Gasteiger partial charge in [-0.25, -0.2) is 23.5 Å². The van der Waals surface area contributed by atoms with E-state index in [0.29, 0.717) is 28.1 Å². The van der Waals surface area contributed by atoms with Gasteiger partial charge in [0.1, 0.15) is 17.4 Å². The second-order valence-electron chi connectivity index (χ2n) is 6.82. The zero-order chi connectivity index (χ0) is 23.1. The Labute approximate surface area is 191 Å². The van der Waals surface area contributed by atoms with Crippen LogP contribution in [0.15, 0.2) is 58.6 Å². The lowest BCUT2D eigenvalue weighted by Crippen LogP contribution is -2.12. The number of benzene rings is 2. The molecule has 0 unspecified atom stereocenters. The number of nitriles is 1. The largest absolute Gasteiger partial charge is 0.497 e. The van der Waals surface area contributed by atoms with Crippen LogP contribution in [0, 0.1) is 11.3 Å². The molecule has 1 aromatic heterocycles. The molecule has 8 nitrogen and oxygen atoms in total. The van der Waals surface area contributed by atoms with Crippen LogP contribution in [0.2, 0.25) is 0 Å². The summed E-state index contributed by atoms with van der Waals surface area (Å²) in [7, 11) is -2.20. The number of hydrogen-bond acceptors (Lipinski definition) is 8. The van der Waals surface area contributed by atoms with Crippen molar-refractivity contribution in [2.45, 2.75) is 29.8 Å². The molecule has 1 heterocycles. The number of anilines is 2. The fraction of sp³-hybridized carbons (Fsp3) is 0.227. The van der Waals surface area contributed by atoms with Crippen molar-refractivity contribution in [3.63, 3.8) is 0 Å². The molecule has 0 aliphatic rings. The number of ether oxygens (including phenoxy) is 1. The quantitative estimate of drug-likeness (QED) is 0.269. The Hall–Kier alpha value is -3.13. The lowest BCUT2D eigenvalue weighted by Gasteiger charge is -2.13. The molecule has 0 spiro atoms. The third-order valence-corrected chi connectivity index (χ3v) is 6.40. The first-order valence-corrected chi connectivity index (χ1v) is 12.4. The van der Waals surface area contributed by atoms with E-state index in [9.17, 15) is 13.7 Å². The van der Waals surface area contributed by atoms with E-state index in [-0.39, 0.29) is 10.5 Å². The molecule has 0 bridgehead atoms. The van der Waals surface area contributed by atoms with Gasteiger partial charge in [0, 0.05) is 17.0 Å². The van der Waals surface area contributed by atoms with Gasteiger partial charge in [0.05, 0.1) is 17.7 Å². The van der Waals surface area contributed by atoms with Crippen LogP contribution < -0.4 is 15.2 Å². The standard InChI is InChI=1S/C22H23N5O3S2/c1-3-4-13-31-22-26-20(15-5-9-17(30-2)10-6-15)19(14-23)21(27-22)25-16-7-11-18(12-8-16)32(24,28)29/h5-12H,3-4,13H2,1-2H3,(H2,24,28,29)(H,25,26,27). The number of sulfonamides is 1. The Balaban J connectivity index is 2.04. The summed E-state index contributed by atoms with van der Waals surface area (Å²) in [6, 6.07) is 15.4. The topological polar surface area (TPSA) is 131 Å². The van der Waals surface area contributed by atoms with Crippen LogP contribution in [-0.4, -0.2) is 31.2 Å². The van der Waals surface area contributed by atoms with Crippen molar-refractivity contribution >= 4 is 33.3 Å². The molecular formula is C22H23N5O3S2. The normalized spacial score (nSPS) is 11.1. The van der Waals surface area contributed by atoms with Crippen LogP contribution in [0.25, 0.3) is 11.3 Å². The average Bonchev–Trinajstić information content (AvgIpc) is 2.79. The Morgan fingerprint density at radius 2 is 1.81 bits per heavy atom. The number of unbranched alkanes of at least 4 members (excludes halogenated alkanes) is 1. The molecule has 0 aliphatic carbocycles. The first-order chi connectivity index (χ1) is 15.4. The van der Waals surface area contributed by atoms with Gasteiger partial charge in [-0.15, -0.1) is 0 Å². The lowest BCUT2D eigenvalue weighted by molar-refractivity contribution is 0.415. The highest BCUT2D eigenvalue weighted by atomic mass is 32.2. The summed E-state index contributed by atoms with van der Waals surface area (Å²) in [5.74, 6) is 1.90. The second-order valence-corrected chi connectivity index (χ2v) is 9.44. The van der Waals surface area contributed by atoms with Gasteiger partial charge in [-0.2, -0.15) is 5.26 Å². The van der Waals surface area contributed by atoms with Crippen LogP contribution in [0.3, 0.4) is 0 Å². The number of nitrogens with one attached hydrogen (secondary N) is 1. The van der Waals surface area contributed by atoms with Crippen LogP contribution in [-0.2, 0) is 10.0 Å². The molecular weight excluding hydrogens is 446 g/mol. The first-order valence-electron chi connectivity index (χ1n) is 9.85. The highest BCUT2D eigenvalue weighted by Crippen LogP contribution is 2.32. The minimum absolute atomic E-state index is 0.000904. The third kappa shape index (κ3) is 5.76. The van der Waals surface area contributed by atoms with Crippen molar-refractivity contribution in [3.8, 4) is 23.1 Å². The Kier molecular flexibility index (Phi) is 7.69. The lowest BCUT2D eigenvalue weighted by atomic mass is 10.1. The number of hydrogen-bond donors (Lipinski definition) is 2. The van der Waals surface area contributed by atoms with Crippen molar-refractivity contribution in [1.82, 2.24) is 9.97 Å². The summed E-state index contributed by atoms with van der Waals surface area (Å²) >= 11 is 1.52. The highest BCUT2D eigenvalue weighted by Gasteiger charge is 2.17. The molecule has 3 rings (SSSR count). The van der Waals surface area contributed by atoms with Gasteiger partial charge in [0.15, 0.2) is 11.0 Å². The van der Waals surface area contributed by atoms with Gasteiger partial charge in [-0.3, -0.25) is 0 Å². The van der Waals surface area contributed by atoms with Gasteiger partial charge in [0.25, 0.3) is 0 Å². The fourth-order valence-corrected chi connectivity index (χ4v) is 4.27. The maximum atomic E-state index is 11.5. The molecule has 10 heteroatoms. The Bertz CT molecular complexity index is 1220. The van der Waals surface area contributed by atoms with Crippen molar-refractivity contribution in [1.29, 1.82) is 5.26 Å². The van der Waals surface area contributed by atoms with E-state index in [4.69, 9.17) is 9.88 Å². The molecule has 0 fully saturated rings. The van der Waals surface area contributed by atoms with Gasteiger partial charge in [-0.05, 0) is 55.0 Å². The van der Waals surface area contributed by atoms with E-state index in [0.717, 1.165) is 24.2 Å². The number of methoxy groups -OCH3 is 1. The first kappa shape index (κ1) is 23.5. The van der Waals surface area contributed by atoms with Crippen LogP contribution in [0.5, 0.6) is 5.75 Å². The van der Waals surface area contributed by atoms with Crippen LogP contribution in [0.1, 0.15) is 25.3 Å². The number of rotatable bonds is 9. The second kappa shape index (κ2) is 10.5. The number of nitrogens with zero attached hydrogens (tertiary/aromatic N) is 3. The molecule has 3 aromatic rings. The smallest absolute Gasteiger partial charge is 0.238 e. The molecule has 166 valence electrons. The van der Waals surface area contributed by atoms with E-state index < -0.39 is 10.0 Å². The monoisotopic (exact) mass is 469 g/mol. The molecule has 0 saturated carbocycles. The summed E-state index contributed by atoms with van der Waals surface area (Å²) in [5.41, 5.74) is 2.12. The van der Waals surface area contributed by atoms with Gasteiger partial charge >= 0.3 is 0 Å². The molecule has 32 heavy (non-hydrogen) atoms. The Morgan fingerprint density at radius 3 is 2.38 bits per heavy atom. The van der Waals surface area contributed by atoms with E-state index in [1.165, 1.54) is 23.9 Å². The third-order valence-electron chi connectivity index (χ3n) is 4.54. The van der Waals surface area contributed by atoms with Gasteiger partial charge in [-0.1, -0.05) is 25.1 Å². The summed E-state index contributed by atoms with van der Waals surface area (Å²) < 4.78 is 28.2. The Morgan fingerprint density at radius 1 is 1.12 bits per heavy atom. The van der Waals surface area contributed by atoms with E-state index >= 15 is 0 Å². The predicted octanol–water partition coefficient (Wildman–Crippen LogP) is 4.31. The summed E-state index contributed by atoms with van der Waals surface area (Å²) in [6.07, 6.45) is 2.07. The minimum Gasteiger partial charge on any atom is -0.497 e. The predicted molar refractivity (Wildman–Crippen MR) is 125 cm³/mol. The molecule has 0 aliphatic heterocycles. The molecule has 2 aromatic carbocycles. The van der Waals surface area contributed by atoms with Gasteiger partial charge < -0.3 is 10.1 Å². The van der Waals surface area contributed by atoms with E-state index in [2.05, 4.69) is 28.3 Å².